The lowest BCUT2D eigenvalue weighted by molar-refractivity contribution is -0.114. The molecule has 0 atom stereocenters. The molecule has 0 spiro atoms. The molecule has 136 valence electrons. The molecule has 0 aliphatic rings. The van der Waals surface area contributed by atoms with Crippen LogP contribution in [0.3, 0.4) is 0 Å². The van der Waals surface area contributed by atoms with Crippen molar-refractivity contribution in [3.8, 4) is 0 Å². The summed E-state index contributed by atoms with van der Waals surface area (Å²) in [4.78, 5) is 35.4. The quantitative estimate of drug-likeness (QED) is 0.598. The van der Waals surface area contributed by atoms with E-state index in [0.29, 0.717) is 16.4 Å². The lowest BCUT2D eigenvalue weighted by atomic mass is 10.1. The van der Waals surface area contributed by atoms with Crippen LogP contribution in [0.4, 0.5) is 10.8 Å². The number of carbonyl (C=O) groups excluding carboxylic acids is 3. The predicted octanol–water partition coefficient (Wildman–Crippen LogP) is 3.39. The van der Waals surface area contributed by atoms with Gasteiger partial charge < -0.3 is 5.32 Å². The fraction of sp³-hybridized carbons (Fsp3) is 0.278. The average molecular weight is 372 g/mol. The summed E-state index contributed by atoms with van der Waals surface area (Å²) in [5, 5.41) is 14.4. The largest absolute Gasteiger partial charge is 0.323 e. The van der Waals surface area contributed by atoms with Gasteiger partial charge in [0.15, 0.2) is 5.78 Å². The Morgan fingerprint density at radius 3 is 2.23 bits per heavy atom. The van der Waals surface area contributed by atoms with E-state index in [0.717, 1.165) is 5.01 Å². The van der Waals surface area contributed by atoms with Gasteiger partial charge in [0.05, 0.1) is 0 Å². The Morgan fingerprint density at radius 2 is 1.69 bits per heavy atom. The first-order chi connectivity index (χ1) is 12.3. The first-order valence-electron chi connectivity index (χ1n) is 8.01. The van der Waals surface area contributed by atoms with Crippen molar-refractivity contribution >= 4 is 39.8 Å². The summed E-state index contributed by atoms with van der Waals surface area (Å²) in [7, 11) is 0. The molecule has 0 saturated heterocycles. The first-order valence-corrected chi connectivity index (χ1v) is 8.83. The second-order valence-corrected chi connectivity index (χ2v) is 7.01. The van der Waals surface area contributed by atoms with Crippen molar-refractivity contribution < 1.29 is 14.4 Å². The maximum Gasteiger partial charge on any atom is 0.253 e. The number of hydrogen-bond donors (Lipinski definition) is 2. The van der Waals surface area contributed by atoms with Crippen LogP contribution in [0.25, 0.3) is 0 Å². The summed E-state index contributed by atoms with van der Waals surface area (Å²) in [6.45, 7) is 6.99. The number of carbonyl (C=O) groups is 3. The third kappa shape index (κ3) is 5.32. The summed E-state index contributed by atoms with van der Waals surface area (Å²) in [5.41, 5.74) is 1.34. The van der Waals surface area contributed by atoms with E-state index in [1.54, 1.807) is 24.3 Å². The number of nitrogens with one attached hydrogen (secondary N) is 2. The van der Waals surface area contributed by atoms with Crippen molar-refractivity contribution in [1.82, 2.24) is 10.2 Å². The van der Waals surface area contributed by atoms with E-state index >= 15 is 0 Å². The molecule has 1 heterocycles. The third-order valence-corrected chi connectivity index (χ3v) is 4.56. The normalized spacial score (nSPS) is 11.3. The van der Waals surface area contributed by atoms with Gasteiger partial charge in [0.1, 0.15) is 5.01 Å². The van der Waals surface area contributed by atoms with Crippen molar-refractivity contribution in [3.05, 3.63) is 46.5 Å². The molecule has 0 saturated carbocycles. The molecule has 26 heavy (non-hydrogen) atoms. The Labute approximate surface area is 155 Å². The van der Waals surface area contributed by atoms with Gasteiger partial charge in [-0.1, -0.05) is 25.2 Å². The van der Waals surface area contributed by atoms with Crippen molar-refractivity contribution in [2.75, 3.05) is 10.6 Å². The number of Topliss-reactive ketones (excluding diaryl/α,β-unsaturated/α-hetero) is 1. The molecule has 7 nitrogen and oxygen atoms in total. The molecule has 0 bridgehead atoms. The Bertz CT molecular complexity index is 854. The van der Waals surface area contributed by atoms with Crippen LogP contribution in [0.2, 0.25) is 0 Å². The van der Waals surface area contributed by atoms with Crippen LogP contribution >= 0.6 is 11.3 Å². The Hall–Kier alpha value is -2.87. The molecule has 0 unspecified atom stereocenters. The maximum atomic E-state index is 12.1. The van der Waals surface area contributed by atoms with Gasteiger partial charge in [-0.3, -0.25) is 19.7 Å². The summed E-state index contributed by atoms with van der Waals surface area (Å²) in [5.74, 6) is -0.672. The maximum absolute atomic E-state index is 12.1. The zero-order valence-electron chi connectivity index (χ0n) is 15.0. The van der Waals surface area contributed by atoms with Gasteiger partial charge in [-0.25, -0.2) is 0 Å². The lowest BCUT2D eigenvalue weighted by Crippen LogP contribution is -2.16. The summed E-state index contributed by atoms with van der Waals surface area (Å²) >= 11 is 1.30. The van der Waals surface area contributed by atoms with E-state index in [9.17, 15) is 14.4 Å². The average Bonchev–Trinajstić information content (AvgIpc) is 3.04. The van der Waals surface area contributed by atoms with Crippen molar-refractivity contribution in [1.29, 1.82) is 0 Å². The number of benzene rings is 1. The molecule has 2 rings (SSSR count). The fourth-order valence-electron chi connectivity index (χ4n) is 1.94. The molecule has 1 aromatic carbocycles. The molecule has 0 fully saturated rings. The van der Waals surface area contributed by atoms with Gasteiger partial charge in [-0.15, -0.1) is 10.2 Å². The molecule has 0 radical (unpaired) electrons. The second-order valence-electron chi connectivity index (χ2n) is 6.00. The Morgan fingerprint density at radius 1 is 1.04 bits per heavy atom. The van der Waals surface area contributed by atoms with Crippen LogP contribution in [0.15, 0.2) is 35.9 Å². The number of ketones is 1. The van der Waals surface area contributed by atoms with E-state index in [-0.39, 0.29) is 17.3 Å². The van der Waals surface area contributed by atoms with E-state index in [1.165, 1.54) is 31.3 Å². The van der Waals surface area contributed by atoms with Crippen LogP contribution in [0.1, 0.15) is 49.0 Å². The van der Waals surface area contributed by atoms with Crippen LogP contribution in [-0.2, 0) is 9.59 Å². The predicted molar refractivity (Wildman–Crippen MR) is 101 cm³/mol. The number of nitrogens with zero attached hydrogens (tertiary/aromatic N) is 2. The molecule has 0 aliphatic carbocycles. The van der Waals surface area contributed by atoms with Crippen LogP contribution in [0.5, 0.6) is 0 Å². The van der Waals surface area contributed by atoms with Gasteiger partial charge in [0.25, 0.3) is 5.91 Å². The van der Waals surface area contributed by atoms with Crippen molar-refractivity contribution in [3.63, 3.8) is 0 Å². The smallest absolute Gasteiger partial charge is 0.253 e. The Balaban J connectivity index is 1.97. The van der Waals surface area contributed by atoms with E-state index in [2.05, 4.69) is 20.8 Å². The second kappa shape index (κ2) is 8.48. The number of aromatic nitrogens is 2. The highest BCUT2D eigenvalue weighted by Crippen LogP contribution is 2.22. The summed E-state index contributed by atoms with van der Waals surface area (Å²) < 4.78 is 0. The lowest BCUT2D eigenvalue weighted by Gasteiger charge is -2.04. The molecule has 2 aromatic rings. The molecule has 1 aromatic heterocycles. The highest BCUT2D eigenvalue weighted by Gasteiger charge is 2.12. The summed E-state index contributed by atoms with van der Waals surface area (Å²) in [6.07, 6.45) is 1.21. The van der Waals surface area contributed by atoms with Crippen LogP contribution in [0, 0.1) is 0 Å². The molecular weight excluding hydrogens is 352 g/mol. The minimum absolute atomic E-state index is 0.0485. The molecule has 2 N–H and O–H groups in total. The minimum Gasteiger partial charge on any atom is -0.323 e. The van der Waals surface area contributed by atoms with E-state index in [1.807, 2.05) is 13.8 Å². The molecular formula is C18H20N4O3S. The fourth-order valence-corrected chi connectivity index (χ4v) is 2.68. The summed E-state index contributed by atoms with van der Waals surface area (Å²) in [6, 6.07) is 6.52. The Kier molecular flexibility index (Phi) is 6.35. The van der Waals surface area contributed by atoms with E-state index in [4.69, 9.17) is 0 Å². The van der Waals surface area contributed by atoms with E-state index < -0.39 is 11.8 Å². The van der Waals surface area contributed by atoms with Crippen molar-refractivity contribution in [2.24, 2.45) is 0 Å². The topological polar surface area (TPSA) is 101 Å². The first kappa shape index (κ1) is 19.5. The molecule has 2 amide bonds. The van der Waals surface area contributed by atoms with Crippen LogP contribution in [-0.4, -0.2) is 27.8 Å². The molecule has 8 heteroatoms. The van der Waals surface area contributed by atoms with Gasteiger partial charge in [-0.2, -0.15) is 0 Å². The standard InChI is InChI=1S/C18H20N4O3S/c1-10(2)17-21-22-18(26-17)20-16(25)11(3)9-15(24)19-14-7-5-13(6-8-14)12(4)23/h5-10H,1-4H3,(H,19,24)(H,20,22,25)/b11-9-. The van der Waals surface area contributed by atoms with Gasteiger partial charge in [0, 0.05) is 28.8 Å². The highest BCUT2D eigenvalue weighted by molar-refractivity contribution is 7.15. The van der Waals surface area contributed by atoms with Gasteiger partial charge in [0.2, 0.25) is 11.0 Å². The third-order valence-electron chi connectivity index (χ3n) is 3.42. The highest BCUT2D eigenvalue weighted by atomic mass is 32.1. The van der Waals surface area contributed by atoms with Gasteiger partial charge in [-0.05, 0) is 38.1 Å². The van der Waals surface area contributed by atoms with Crippen LogP contribution < -0.4 is 10.6 Å². The number of amides is 2. The van der Waals surface area contributed by atoms with Gasteiger partial charge >= 0.3 is 0 Å². The SMILES string of the molecule is CC(=O)c1ccc(NC(=O)/C=C(/C)C(=O)Nc2nnc(C(C)C)s2)cc1. The monoisotopic (exact) mass is 372 g/mol. The molecule has 0 aliphatic heterocycles. The minimum atomic E-state index is -0.437. The number of rotatable bonds is 6. The zero-order chi connectivity index (χ0) is 19.3. The number of anilines is 2. The zero-order valence-corrected chi connectivity index (χ0v) is 15.8. The number of hydrogen-bond acceptors (Lipinski definition) is 6. The van der Waals surface area contributed by atoms with Crippen molar-refractivity contribution in [2.45, 2.75) is 33.6 Å².